The molecule has 4 N–H and O–H groups in total. The van der Waals surface area contributed by atoms with Gasteiger partial charge in [-0.3, -0.25) is 4.79 Å². The van der Waals surface area contributed by atoms with Crippen molar-refractivity contribution in [2.45, 2.75) is 23.7 Å². The topological polar surface area (TPSA) is 107 Å². The maximum atomic E-state index is 13.0. The molecule has 0 heterocycles. The lowest BCUT2D eigenvalue weighted by Gasteiger charge is -2.26. The first-order valence-electron chi connectivity index (χ1n) is 7.67. The highest BCUT2D eigenvalue weighted by molar-refractivity contribution is 6.32. The number of aromatic hydroxyl groups is 1. The van der Waals surface area contributed by atoms with Gasteiger partial charge in [0.1, 0.15) is 17.6 Å². The minimum atomic E-state index is -2.38. The highest BCUT2D eigenvalue weighted by Gasteiger charge is 2.60. The van der Waals surface area contributed by atoms with Crippen molar-refractivity contribution in [3.8, 4) is 11.5 Å². The Hall–Kier alpha value is -1.83. The van der Waals surface area contributed by atoms with E-state index in [1.54, 1.807) is 0 Å². The molecular formula is C18H16Cl2O6. The van der Waals surface area contributed by atoms with E-state index in [-0.39, 0.29) is 21.4 Å². The minimum Gasteiger partial charge on any atom is -0.506 e. The summed E-state index contributed by atoms with van der Waals surface area (Å²) in [5.74, 6) is -1.86. The normalized spacial score (nSPS) is 28.4. The first kappa shape index (κ1) is 18.9. The number of hydrogen-bond acceptors (Lipinski definition) is 6. The predicted molar refractivity (Wildman–Crippen MR) is 94.8 cm³/mol. The molecule has 1 fully saturated rings. The monoisotopic (exact) mass is 398 g/mol. The zero-order valence-corrected chi connectivity index (χ0v) is 15.1. The van der Waals surface area contributed by atoms with Crippen molar-refractivity contribution < 1.29 is 30.0 Å². The number of rotatable bonds is 3. The third-order valence-electron chi connectivity index (χ3n) is 4.67. The van der Waals surface area contributed by atoms with Crippen molar-refractivity contribution in [3.05, 3.63) is 57.6 Å². The standard InChI is InChI=1S/C18H16Cl2O6/c1-26-13-5-2-8(6-11(13)20)14-15(22)17(24)18(25,16(14)23)9-3-4-12(21)10(19)7-9/h2-7,14-15,17,21-22,24-25H,1H3. The second kappa shape index (κ2) is 6.72. The number of phenols is 1. The van der Waals surface area contributed by atoms with Crippen LogP contribution in [-0.4, -0.2) is 45.5 Å². The van der Waals surface area contributed by atoms with E-state index in [9.17, 15) is 25.2 Å². The molecule has 138 valence electrons. The van der Waals surface area contributed by atoms with E-state index in [0.29, 0.717) is 11.3 Å². The average Bonchev–Trinajstić information content (AvgIpc) is 2.78. The number of ketones is 1. The molecule has 2 aromatic carbocycles. The summed E-state index contributed by atoms with van der Waals surface area (Å²) in [6.45, 7) is 0. The molecule has 6 nitrogen and oxygen atoms in total. The molecule has 1 aliphatic carbocycles. The number of phenolic OH excluding ortho intramolecular Hbond substituents is 1. The van der Waals surface area contributed by atoms with E-state index in [1.165, 1.54) is 43.5 Å². The van der Waals surface area contributed by atoms with Gasteiger partial charge in [0.05, 0.1) is 29.2 Å². The molecule has 1 saturated carbocycles. The van der Waals surface area contributed by atoms with Gasteiger partial charge in [-0.25, -0.2) is 0 Å². The van der Waals surface area contributed by atoms with Crippen LogP contribution in [0.4, 0.5) is 0 Å². The summed E-state index contributed by atoms with van der Waals surface area (Å²) >= 11 is 11.9. The van der Waals surface area contributed by atoms with Gasteiger partial charge in [0.15, 0.2) is 11.4 Å². The van der Waals surface area contributed by atoms with Crippen LogP contribution in [0.3, 0.4) is 0 Å². The summed E-state index contributed by atoms with van der Waals surface area (Å²) < 4.78 is 5.06. The molecule has 8 heteroatoms. The maximum absolute atomic E-state index is 13.0. The van der Waals surface area contributed by atoms with Crippen LogP contribution >= 0.6 is 23.2 Å². The number of ether oxygens (including phenoxy) is 1. The smallest absolute Gasteiger partial charge is 0.181 e. The van der Waals surface area contributed by atoms with E-state index in [4.69, 9.17) is 27.9 Å². The Morgan fingerprint density at radius 1 is 1.08 bits per heavy atom. The Kier molecular flexibility index (Phi) is 4.90. The van der Waals surface area contributed by atoms with Crippen molar-refractivity contribution >= 4 is 29.0 Å². The van der Waals surface area contributed by atoms with Gasteiger partial charge in [-0.1, -0.05) is 35.3 Å². The van der Waals surface area contributed by atoms with Gasteiger partial charge in [0.25, 0.3) is 0 Å². The lowest BCUT2D eigenvalue weighted by atomic mass is 9.87. The van der Waals surface area contributed by atoms with E-state index >= 15 is 0 Å². The Balaban J connectivity index is 2.07. The first-order chi connectivity index (χ1) is 12.2. The quantitative estimate of drug-likeness (QED) is 0.629. The molecular weight excluding hydrogens is 383 g/mol. The van der Waals surface area contributed by atoms with Gasteiger partial charge >= 0.3 is 0 Å². The van der Waals surface area contributed by atoms with Gasteiger partial charge in [-0.15, -0.1) is 0 Å². The molecule has 0 radical (unpaired) electrons. The predicted octanol–water partition coefficient (Wildman–Crippen LogP) is 1.98. The fourth-order valence-electron chi connectivity index (χ4n) is 3.25. The SMILES string of the molecule is COc1ccc(C2C(=O)C(O)(c3ccc(O)c(Cl)c3)C(O)C2O)cc1Cl. The Morgan fingerprint density at radius 2 is 1.77 bits per heavy atom. The van der Waals surface area contributed by atoms with Crippen LogP contribution in [0.2, 0.25) is 10.0 Å². The van der Waals surface area contributed by atoms with Crippen LogP contribution in [0.25, 0.3) is 0 Å². The fourth-order valence-corrected chi connectivity index (χ4v) is 3.70. The van der Waals surface area contributed by atoms with Crippen molar-refractivity contribution in [2.75, 3.05) is 7.11 Å². The van der Waals surface area contributed by atoms with Crippen molar-refractivity contribution in [1.82, 2.24) is 0 Å². The van der Waals surface area contributed by atoms with Gasteiger partial charge in [0.2, 0.25) is 0 Å². The molecule has 0 spiro atoms. The Morgan fingerprint density at radius 3 is 2.35 bits per heavy atom. The van der Waals surface area contributed by atoms with E-state index < -0.39 is 29.5 Å². The van der Waals surface area contributed by atoms with Crippen LogP contribution in [0.1, 0.15) is 17.0 Å². The third-order valence-corrected chi connectivity index (χ3v) is 5.27. The van der Waals surface area contributed by atoms with Crippen LogP contribution in [0.15, 0.2) is 36.4 Å². The summed E-state index contributed by atoms with van der Waals surface area (Å²) in [4.78, 5) is 13.0. The molecule has 0 aliphatic heterocycles. The summed E-state index contributed by atoms with van der Waals surface area (Å²) in [5.41, 5.74) is -2.08. The van der Waals surface area contributed by atoms with E-state index in [0.717, 1.165) is 0 Å². The summed E-state index contributed by atoms with van der Waals surface area (Å²) in [7, 11) is 1.44. The van der Waals surface area contributed by atoms with Crippen LogP contribution < -0.4 is 4.74 Å². The Bertz CT molecular complexity index is 871. The summed E-state index contributed by atoms with van der Waals surface area (Å²) in [6, 6.07) is 8.12. The minimum absolute atomic E-state index is 0.0287. The largest absolute Gasteiger partial charge is 0.506 e. The zero-order valence-electron chi connectivity index (χ0n) is 13.6. The molecule has 3 rings (SSSR count). The molecule has 0 amide bonds. The molecule has 0 saturated heterocycles. The highest BCUT2D eigenvalue weighted by atomic mass is 35.5. The fraction of sp³-hybridized carbons (Fsp3) is 0.278. The Labute approximate surface area is 159 Å². The van der Waals surface area contributed by atoms with Crippen LogP contribution in [0, 0.1) is 0 Å². The molecule has 1 aliphatic rings. The van der Waals surface area contributed by atoms with E-state index in [1.807, 2.05) is 0 Å². The molecule has 26 heavy (non-hydrogen) atoms. The van der Waals surface area contributed by atoms with Crippen LogP contribution in [-0.2, 0) is 10.4 Å². The summed E-state index contributed by atoms with van der Waals surface area (Å²) in [6.07, 6.45) is -3.36. The second-order valence-electron chi connectivity index (χ2n) is 6.10. The summed E-state index contributed by atoms with van der Waals surface area (Å²) in [5, 5.41) is 41.4. The van der Waals surface area contributed by atoms with Gasteiger partial charge in [-0.05, 0) is 35.4 Å². The number of carbonyl (C=O) groups excluding carboxylic acids is 1. The number of aliphatic hydroxyl groups is 3. The van der Waals surface area contributed by atoms with Gasteiger partial charge in [-0.2, -0.15) is 0 Å². The number of Topliss-reactive ketones (excluding diaryl/α,β-unsaturated/α-hetero) is 1. The number of benzene rings is 2. The number of methoxy groups -OCH3 is 1. The van der Waals surface area contributed by atoms with Crippen molar-refractivity contribution in [3.63, 3.8) is 0 Å². The van der Waals surface area contributed by atoms with Crippen molar-refractivity contribution in [2.24, 2.45) is 0 Å². The highest BCUT2D eigenvalue weighted by Crippen LogP contribution is 2.46. The van der Waals surface area contributed by atoms with Gasteiger partial charge in [0, 0.05) is 0 Å². The zero-order chi connectivity index (χ0) is 19.2. The van der Waals surface area contributed by atoms with Crippen molar-refractivity contribution in [1.29, 1.82) is 0 Å². The molecule has 0 aromatic heterocycles. The maximum Gasteiger partial charge on any atom is 0.181 e. The van der Waals surface area contributed by atoms with E-state index in [2.05, 4.69) is 0 Å². The number of carbonyl (C=O) groups is 1. The first-order valence-corrected chi connectivity index (χ1v) is 8.42. The molecule has 0 bridgehead atoms. The molecule has 4 atom stereocenters. The third kappa shape index (κ3) is 2.74. The average molecular weight is 399 g/mol. The molecule has 4 unspecified atom stereocenters. The lowest BCUT2D eigenvalue weighted by Crippen LogP contribution is -2.43. The lowest BCUT2D eigenvalue weighted by molar-refractivity contribution is -0.145. The number of aliphatic hydroxyl groups excluding tert-OH is 2. The molecule has 2 aromatic rings. The van der Waals surface area contributed by atoms with Crippen LogP contribution in [0.5, 0.6) is 11.5 Å². The number of halogens is 2. The van der Waals surface area contributed by atoms with Gasteiger partial charge < -0.3 is 25.2 Å². The number of hydrogen-bond donors (Lipinski definition) is 4. The second-order valence-corrected chi connectivity index (χ2v) is 6.92.